The van der Waals surface area contributed by atoms with Gasteiger partial charge < -0.3 is 15.5 Å². The first-order chi connectivity index (χ1) is 12.6. The molecule has 0 aromatic heterocycles. The second-order valence-electron chi connectivity index (χ2n) is 6.95. The van der Waals surface area contributed by atoms with E-state index in [9.17, 15) is 0 Å². The minimum Gasteiger partial charge on any atom is -0.358 e. The number of rotatable bonds is 5. The lowest BCUT2D eigenvalue weighted by molar-refractivity contribution is 0.0973. The van der Waals surface area contributed by atoms with Crippen molar-refractivity contribution < 1.29 is 0 Å². The molecule has 1 aliphatic rings. The van der Waals surface area contributed by atoms with Gasteiger partial charge in [0.2, 0.25) is 0 Å². The predicted octanol–water partition coefficient (Wildman–Crippen LogP) is 3.35. The summed E-state index contributed by atoms with van der Waals surface area (Å²) >= 11 is 5.55. The molecule has 0 amide bonds. The first kappa shape index (κ1) is 18.8. The Kier molecular flexibility index (Phi) is 6.61. The summed E-state index contributed by atoms with van der Waals surface area (Å²) in [6, 6.07) is 21.3. The molecule has 0 unspecified atom stereocenters. The first-order valence-electron chi connectivity index (χ1n) is 9.23. The molecule has 2 aromatic carbocycles. The SMILES string of the molecule is C[C@H](NC(=S)Nc1ccccc1)[C@@H](c1ccccc1)N1CCN(C)CC1. The number of nitrogens with zero attached hydrogens (tertiary/aromatic N) is 2. The maximum absolute atomic E-state index is 5.55. The number of hydrogen-bond acceptors (Lipinski definition) is 3. The zero-order chi connectivity index (χ0) is 18.4. The van der Waals surface area contributed by atoms with Crippen molar-refractivity contribution in [2.45, 2.75) is 19.0 Å². The van der Waals surface area contributed by atoms with Gasteiger partial charge in [-0.25, -0.2) is 0 Å². The van der Waals surface area contributed by atoms with Crippen LogP contribution in [0.25, 0.3) is 0 Å². The number of thiocarbonyl (C=S) groups is 1. The van der Waals surface area contributed by atoms with Crippen LogP contribution in [0.15, 0.2) is 60.7 Å². The van der Waals surface area contributed by atoms with E-state index in [1.165, 1.54) is 5.56 Å². The number of para-hydroxylation sites is 1. The monoisotopic (exact) mass is 368 g/mol. The first-order valence-corrected chi connectivity index (χ1v) is 9.64. The Labute approximate surface area is 162 Å². The molecule has 0 bridgehead atoms. The Hall–Kier alpha value is -1.95. The Bertz CT molecular complexity index is 684. The molecule has 138 valence electrons. The molecular weight excluding hydrogens is 340 g/mol. The average molecular weight is 369 g/mol. The van der Waals surface area contributed by atoms with Crippen LogP contribution in [0.2, 0.25) is 0 Å². The van der Waals surface area contributed by atoms with Gasteiger partial charge >= 0.3 is 0 Å². The molecule has 0 spiro atoms. The van der Waals surface area contributed by atoms with Crippen LogP contribution in [0.4, 0.5) is 5.69 Å². The molecule has 1 saturated heterocycles. The third kappa shape index (κ3) is 5.04. The van der Waals surface area contributed by atoms with E-state index in [4.69, 9.17) is 12.2 Å². The minimum atomic E-state index is 0.199. The number of anilines is 1. The zero-order valence-corrected chi connectivity index (χ0v) is 16.4. The van der Waals surface area contributed by atoms with Gasteiger partial charge in [-0.1, -0.05) is 48.5 Å². The van der Waals surface area contributed by atoms with Crippen LogP contribution in [0.3, 0.4) is 0 Å². The molecule has 5 heteroatoms. The molecule has 4 nitrogen and oxygen atoms in total. The highest BCUT2D eigenvalue weighted by Gasteiger charge is 2.28. The average Bonchev–Trinajstić information content (AvgIpc) is 2.65. The van der Waals surface area contributed by atoms with Gasteiger partial charge in [0.25, 0.3) is 0 Å². The Morgan fingerprint density at radius 2 is 1.50 bits per heavy atom. The van der Waals surface area contributed by atoms with Crippen LogP contribution in [0.5, 0.6) is 0 Å². The third-order valence-electron chi connectivity index (χ3n) is 4.94. The summed E-state index contributed by atoms with van der Waals surface area (Å²) in [5.74, 6) is 0. The van der Waals surface area contributed by atoms with Gasteiger partial charge in [0.05, 0.1) is 6.04 Å². The van der Waals surface area contributed by atoms with Crippen molar-refractivity contribution in [3.05, 3.63) is 66.2 Å². The fourth-order valence-electron chi connectivity index (χ4n) is 3.54. The predicted molar refractivity (Wildman–Crippen MR) is 114 cm³/mol. The number of likely N-dealkylation sites (N-methyl/N-ethyl adjacent to an activating group) is 1. The van der Waals surface area contributed by atoms with Crippen molar-refractivity contribution in [3.8, 4) is 0 Å². The van der Waals surface area contributed by atoms with Crippen molar-refractivity contribution in [1.29, 1.82) is 0 Å². The molecule has 26 heavy (non-hydrogen) atoms. The molecule has 1 aliphatic heterocycles. The molecule has 2 N–H and O–H groups in total. The Morgan fingerprint density at radius 3 is 2.12 bits per heavy atom. The standard InChI is InChI=1S/C21H28N4S/c1-17(22-21(26)23-19-11-7-4-8-12-19)20(18-9-5-3-6-10-18)25-15-13-24(2)14-16-25/h3-12,17,20H,13-16H2,1-2H3,(H2,22,23,26)/t17-,20-/m0/s1. The fourth-order valence-corrected chi connectivity index (χ4v) is 3.84. The van der Waals surface area contributed by atoms with Gasteiger partial charge in [-0.2, -0.15) is 0 Å². The van der Waals surface area contributed by atoms with E-state index in [-0.39, 0.29) is 6.04 Å². The lowest BCUT2D eigenvalue weighted by atomic mass is 9.98. The zero-order valence-electron chi connectivity index (χ0n) is 15.6. The molecular formula is C21H28N4S. The number of benzene rings is 2. The largest absolute Gasteiger partial charge is 0.358 e. The summed E-state index contributed by atoms with van der Waals surface area (Å²) in [5.41, 5.74) is 2.34. The lowest BCUT2D eigenvalue weighted by Crippen LogP contribution is -2.52. The van der Waals surface area contributed by atoms with Gasteiger partial charge in [-0.05, 0) is 43.9 Å². The fraction of sp³-hybridized carbons (Fsp3) is 0.381. The summed E-state index contributed by atoms with van der Waals surface area (Å²) in [4.78, 5) is 4.95. The van der Waals surface area contributed by atoms with E-state index in [0.29, 0.717) is 11.2 Å². The maximum Gasteiger partial charge on any atom is 0.171 e. The van der Waals surface area contributed by atoms with E-state index in [1.54, 1.807) is 0 Å². The van der Waals surface area contributed by atoms with Crippen molar-refractivity contribution in [2.75, 3.05) is 38.5 Å². The van der Waals surface area contributed by atoms with E-state index in [0.717, 1.165) is 31.9 Å². The smallest absolute Gasteiger partial charge is 0.171 e. The molecule has 0 saturated carbocycles. The van der Waals surface area contributed by atoms with Gasteiger partial charge in [-0.15, -0.1) is 0 Å². The molecule has 2 aromatic rings. The molecule has 1 heterocycles. The van der Waals surface area contributed by atoms with Crippen molar-refractivity contribution in [3.63, 3.8) is 0 Å². The summed E-state index contributed by atoms with van der Waals surface area (Å²) < 4.78 is 0. The molecule has 1 fully saturated rings. The summed E-state index contributed by atoms with van der Waals surface area (Å²) in [6.07, 6.45) is 0. The van der Waals surface area contributed by atoms with Crippen LogP contribution in [-0.2, 0) is 0 Å². The number of nitrogens with one attached hydrogen (secondary N) is 2. The molecule has 3 rings (SSSR count). The third-order valence-corrected chi connectivity index (χ3v) is 5.16. The normalized spacial score (nSPS) is 18.1. The summed E-state index contributed by atoms with van der Waals surface area (Å²) in [7, 11) is 2.19. The van der Waals surface area contributed by atoms with Gasteiger partial charge in [0, 0.05) is 37.9 Å². The van der Waals surface area contributed by atoms with Crippen molar-refractivity contribution in [2.24, 2.45) is 0 Å². The number of piperazine rings is 1. The van der Waals surface area contributed by atoms with E-state index in [2.05, 4.69) is 64.7 Å². The summed E-state index contributed by atoms with van der Waals surface area (Å²) in [6.45, 7) is 6.56. The second-order valence-corrected chi connectivity index (χ2v) is 7.36. The summed E-state index contributed by atoms with van der Waals surface area (Å²) in [5, 5.41) is 7.45. The van der Waals surface area contributed by atoms with E-state index >= 15 is 0 Å². The van der Waals surface area contributed by atoms with Crippen LogP contribution < -0.4 is 10.6 Å². The Balaban J connectivity index is 1.70. The molecule has 0 aliphatic carbocycles. The molecule has 2 atom stereocenters. The Morgan fingerprint density at radius 1 is 0.923 bits per heavy atom. The van der Waals surface area contributed by atoms with Crippen molar-refractivity contribution >= 4 is 23.0 Å². The van der Waals surface area contributed by atoms with Gasteiger partial charge in [0.1, 0.15) is 0 Å². The van der Waals surface area contributed by atoms with E-state index < -0.39 is 0 Å². The number of hydrogen-bond donors (Lipinski definition) is 2. The quantitative estimate of drug-likeness (QED) is 0.791. The van der Waals surface area contributed by atoms with Crippen LogP contribution in [0, 0.1) is 0 Å². The van der Waals surface area contributed by atoms with Gasteiger partial charge in [0.15, 0.2) is 5.11 Å². The highest BCUT2D eigenvalue weighted by molar-refractivity contribution is 7.80. The topological polar surface area (TPSA) is 30.5 Å². The maximum atomic E-state index is 5.55. The van der Waals surface area contributed by atoms with E-state index in [1.807, 2.05) is 30.3 Å². The highest BCUT2D eigenvalue weighted by atomic mass is 32.1. The lowest BCUT2D eigenvalue weighted by Gasteiger charge is -2.41. The highest BCUT2D eigenvalue weighted by Crippen LogP contribution is 2.25. The second kappa shape index (κ2) is 9.12. The van der Waals surface area contributed by atoms with Gasteiger partial charge in [-0.3, -0.25) is 4.90 Å². The van der Waals surface area contributed by atoms with Crippen molar-refractivity contribution in [1.82, 2.24) is 15.1 Å². The van der Waals surface area contributed by atoms with Crippen LogP contribution in [0.1, 0.15) is 18.5 Å². The minimum absolute atomic E-state index is 0.199. The molecule has 0 radical (unpaired) electrons. The van der Waals surface area contributed by atoms with Crippen LogP contribution in [-0.4, -0.2) is 54.2 Å². The van der Waals surface area contributed by atoms with Crippen LogP contribution >= 0.6 is 12.2 Å².